The summed E-state index contributed by atoms with van der Waals surface area (Å²) in [6.45, 7) is 11.5. The fraction of sp³-hybridized carbons (Fsp3) is 0.625. The van der Waals surface area contributed by atoms with Gasteiger partial charge in [-0.05, 0) is 37.3 Å². The Balaban J connectivity index is 1.81. The third-order valence-corrected chi connectivity index (χ3v) is 8.18. The van der Waals surface area contributed by atoms with Gasteiger partial charge in [-0.2, -0.15) is 0 Å². The van der Waals surface area contributed by atoms with Gasteiger partial charge in [0.05, 0.1) is 12.6 Å². The number of fused-ring (bicyclic) bond motifs is 3. The predicted octanol–water partition coefficient (Wildman–Crippen LogP) is 2.70. The molecule has 7 nitrogen and oxygen atoms in total. The molecule has 0 aromatic heterocycles. The molecule has 1 unspecified atom stereocenters. The summed E-state index contributed by atoms with van der Waals surface area (Å²) in [6.07, 6.45) is 0.816. The van der Waals surface area contributed by atoms with Crippen LogP contribution in [0.5, 0.6) is 0 Å². The van der Waals surface area contributed by atoms with Crippen molar-refractivity contribution in [2.75, 3.05) is 6.61 Å². The summed E-state index contributed by atoms with van der Waals surface area (Å²) in [5.74, 6) is -0.840. The van der Waals surface area contributed by atoms with Crippen LogP contribution in [0.4, 0.5) is 0 Å². The van der Waals surface area contributed by atoms with Crippen LogP contribution in [0, 0.1) is 11.8 Å². The third-order valence-electron chi connectivity index (χ3n) is 6.65. The maximum Gasteiger partial charge on any atom is 0.256 e. The van der Waals surface area contributed by atoms with Crippen LogP contribution in [0.25, 0.3) is 0 Å². The number of thioether (sulfide) groups is 1. The van der Waals surface area contributed by atoms with Gasteiger partial charge in [-0.15, -0.1) is 11.8 Å². The molecule has 2 aliphatic heterocycles. The number of rotatable bonds is 8. The van der Waals surface area contributed by atoms with Gasteiger partial charge >= 0.3 is 0 Å². The molecule has 1 saturated heterocycles. The van der Waals surface area contributed by atoms with E-state index in [2.05, 4.69) is 10.6 Å². The average Bonchev–Trinajstić information content (AvgIpc) is 3.18. The molecular weight excluding hydrogens is 426 g/mol. The summed E-state index contributed by atoms with van der Waals surface area (Å²) in [7, 11) is 0. The molecule has 0 bridgehead atoms. The molecule has 0 saturated carbocycles. The van der Waals surface area contributed by atoms with Gasteiger partial charge in [0.15, 0.2) is 0 Å². The first kappa shape index (κ1) is 24.6. The van der Waals surface area contributed by atoms with Gasteiger partial charge in [-0.1, -0.05) is 52.3 Å². The minimum Gasteiger partial charge on any atom is -0.394 e. The van der Waals surface area contributed by atoms with Gasteiger partial charge < -0.3 is 20.6 Å². The van der Waals surface area contributed by atoms with Crippen LogP contribution in [-0.4, -0.2) is 57.2 Å². The molecule has 0 aliphatic carbocycles. The minimum absolute atomic E-state index is 0.110. The van der Waals surface area contributed by atoms with Crippen LogP contribution in [0.2, 0.25) is 0 Å². The first-order valence-electron chi connectivity index (χ1n) is 11.3. The number of hydrogen-bond acceptors (Lipinski definition) is 5. The zero-order chi connectivity index (χ0) is 23.8. The second-order valence-corrected chi connectivity index (χ2v) is 11.4. The van der Waals surface area contributed by atoms with Gasteiger partial charge in [0, 0.05) is 10.3 Å². The van der Waals surface area contributed by atoms with E-state index in [0.29, 0.717) is 5.56 Å². The highest BCUT2D eigenvalue weighted by Crippen LogP contribution is 2.56. The highest BCUT2D eigenvalue weighted by atomic mass is 32.2. The van der Waals surface area contributed by atoms with Crippen LogP contribution in [0.15, 0.2) is 24.3 Å². The topological polar surface area (TPSA) is 98.7 Å². The van der Waals surface area contributed by atoms with Crippen molar-refractivity contribution in [3.8, 4) is 0 Å². The monoisotopic (exact) mass is 461 g/mol. The standard InChI is InChI=1S/C24H35N3O4S/c1-7-14(4)17(12-28)25-20(29)18(13(2)3)26-21(30)19-24(5,6)32-23-16-11-9-8-10-15(16)22(31)27(19)23/h8-11,13-14,17-19,23,28H,7,12H2,1-6H3,(H,25,29)(H,26,30)/t14-,17-,18-,19+,23?/m1/s1. The van der Waals surface area contributed by atoms with E-state index in [1.165, 1.54) is 0 Å². The van der Waals surface area contributed by atoms with Gasteiger partial charge in [0.2, 0.25) is 11.8 Å². The summed E-state index contributed by atoms with van der Waals surface area (Å²) >= 11 is 1.60. The largest absolute Gasteiger partial charge is 0.394 e. The van der Waals surface area contributed by atoms with E-state index < -0.39 is 16.8 Å². The number of hydrogen-bond donors (Lipinski definition) is 3. The second kappa shape index (κ2) is 9.43. The number of nitrogens with one attached hydrogen (secondary N) is 2. The van der Waals surface area contributed by atoms with Crippen molar-refractivity contribution in [3.05, 3.63) is 35.4 Å². The van der Waals surface area contributed by atoms with Crippen molar-refractivity contribution in [2.24, 2.45) is 11.8 Å². The molecular formula is C24H35N3O4S. The van der Waals surface area contributed by atoms with Crippen molar-refractivity contribution in [2.45, 2.75) is 76.2 Å². The Morgan fingerprint density at radius 1 is 1.19 bits per heavy atom. The Kier molecular flexibility index (Phi) is 7.25. The lowest BCUT2D eigenvalue weighted by atomic mass is 9.96. The normalized spacial score (nSPS) is 24.0. The molecule has 176 valence electrons. The summed E-state index contributed by atoms with van der Waals surface area (Å²) < 4.78 is -0.514. The van der Waals surface area contributed by atoms with E-state index in [1.807, 2.05) is 59.7 Å². The maximum absolute atomic E-state index is 13.5. The molecule has 2 aliphatic rings. The SMILES string of the molecule is CC[C@@H](C)[C@@H](CO)NC(=O)[C@H](NC(=O)[C@@H]1N2C(=O)c3ccccc3C2SC1(C)C)C(C)C. The van der Waals surface area contributed by atoms with E-state index in [9.17, 15) is 19.5 Å². The fourth-order valence-electron chi connectivity index (χ4n) is 4.50. The molecule has 3 rings (SSSR count). The van der Waals surface area contributed by atoms with Crippen LogP contribution in [0.1, 0.15) is 69.3 Å². The summed E-state index contributed by atoms with van der Waals surface area (Å²) in [5.41, 5.74) is 1.57. The lowest BCUT2D eigenvalue weighted by molar-refractivity contribution is -0.133. The van der Waals surface area contributed by atoms with Crippen LogP contribution in [-0.2, 0) is 9.59 Å². The molecule has 3 amide bonds. The van der Waals surface area contributed by atoms with Crippen molar-refractivity contribution >= 4 is 29.5 Å². The lowest BCUT2D eigenvalue weighted by Gasteiger charge is -2.32. The number of carbonyl (C=O) groups is 3. The zero-order valence-corrected chi connectivity index (χ0v) is 20.5. The van der Waals surface area contributed by atoms with Gasteiger partial charge in [0.1, 0.15) is 17.5 Å². The smallest absolute Gasteiger partial charge is 0.256 e. The zero-order valence-electron chi connectivity index (χ0n) is 19.7. The van der Waals surface area contributed by atoms with E-state index >= 15 is 0 Å². The number of aliphatic hydroxyl groups excluding tert-OH is 1. The molecule has 1 aromatic carbocycles. The van der Waals surface area contributed by atoms with Crippen LogP contribution in [0.3, 0.4) is 0 Å². The number of aliphatic hydroxyl groups is 1. The fourth-order valence-corrected chi connectivity index (χ4v) is 6.09. The lowest BCUT2D eigenvalue weighted by Crippen LogP contribution is -2.59. The van der Waals surface area contributed by atoms with Crippen LogP contribution >= 0.6 is 11.8 Å². The number of nitrogens with zero attached hydrogens (tertiary/aromatic N) is 1. The number of carbonyl (C=O) groups excluding carboxylic acids is 3. The molecule has 1 fully saturated rings. The second-order valence-electron chi connectivity index (χ2n) is 9.69. The Hall–Kier alpha value is -2.06. The third kappa shape index (κ3) is 4.39. The minimum atomic E-state index is -0.763. The Morgan fingerprint density at radius 2 is 1.84 bits per heavy atom. The molecule has 0 spiro atoms. The molecule has 1 aromatic rings. The molecule has 2 heterocycles. The van der Waals surface area contributed by atoms with E-state index in [4.69, 9.17) is 0 Å². The summed E-state index contributed by atoms with van der Waals surface area (Å²) in [4.78, 5) is 41.4. The molecule has 32 heavy (non-hydrogen) atoms. The Bertz CT molecular complexity index is 888. The quantitative estimate of drug-likeness (QED) is 0.553. The van der Waals surface area contributed by atoms with Crippen molar-refractivity contribution in [3.63, 3.8) is 0 Å². The first-order chi connectivity index (χ1) is 15.0. The summed E-state index contributed by atoms with van der Waals surface area (Å²) in [5, 5.41) is 15.3. The van der Waals surface area contributed by atoms with Crippen LogP contribution < -0.4 is 10.6 Å². The first-order valence-corrected chi connectivity index (χ1v) is 12.2. The van der Waals surface area contributed by atoms with Crippen molar-refractivity contribution < 1.29 is 19.5 Å². The summed E-state index contributed by atoms with van der Waals surface area (Å²) in [6, 6.07) is 5.64. The Labute approximate surface area is 194 Å². The number of amides is 3. The average molecular weight is 462 g/mol. The molecule has 0 radical (unpaired) electrons. The Morgan fingerprint density at radius 3 is 2.44 bits per heavy atom. The molecule has 3 N–H and O–H groups in total. The van der Waals surface area contributed by atoms with Crippen molar-refractivity contribution in [1.29, 1.82) is 0 Å². The predicted molar refractivity (Wildman–Crippen MR) is 126 cm³/mol. The molecule has 5 atom stereocenters. The van der Waals surface area contributed by atoms with E-state index in [1.54, 1.807) is 22.7 Å². The van der Waals surface area contributed by atoms with Crippen molar-refractivity contribution in [1.82, 2.24) is 15.5 Å². The molecule has 8 heteroatoms. The highest BCUT2D eigenvalue weighted by Gasteiger charge is 2.57. The van der Waals surface area contributed by atoms with E-state index in [-0.39, 0.29) is 47.6 Å². The van der Waals surface area contributed by atoms with Gasteiger partial charge in [-0.25, -0.2) is 0 Å². The van der Waals surface area contributed by atoms with Gasteiger partial charge in [0.25, 0.3) is 5.91 Å². The van der Waals surface area contributed by atoms with Gasteiger partial charge in [-0.3, -0.25) is 14.4 Å². The maximum atomic E-state index is 13.5. The highest BCUT2D eigenvalue weighted by molar-refractivity contribution is 8.01. The van der Waals surface area contributed by atoms with E-state index in [0.717, 1.165) is 12.0 Å². The number of benzene rings is 1.